The first-order chi connectivity index (χ1) is 12.5. The van der Waals surface area contributed by atoms with Gasteiger partial charge in [0.25, 0.3) is 0 Å². The van der Waals surface area contributed by atoms with E-state index in [1.807, 2.05) is 6.92 Å². The quantitative estimate of drug-likeness (QED) is 0.724. The molecule has 1 atom stereocenters. The van der Waals surface area contributed by atoms with Gasteiger partial charge in [-0.05, 0) is 49.8 Å². The highest BCUT2D eigenvalue weighted by Gasteiger charge is 2.27. The van der Waals surface area contributed by atoms with Crippen molar-refractivity contribution in [3.8, 4) is 0 Å². The Morgan fingerprint density at radius 2 is 2.00 bits per heavy atom. The summed E-state index contributed by atoms with van der Waals surface area (Å²) in [5.41, 5.74) is 2.56. The number of carbonyl (C=O) groups is 2. The number of nitrogens with one attached hydrogen (secondary N) is 1. The number of esters is 1. The van der Waals surface area contributed by atoms with Gasteiger partial charge in [-0.3, -0.25) is 14.5 Å². The normalized spacial score (nSPS) is 17.9. The van der Waals surface area contributed by atoms with E-state index in [1.54, 1.807) is 0 Å². The van der Waals surface area contributed by atoms with E-state index in [-0.39, 0.29) is 17.8 Å². The van der Waals surface area contributed by atoms with E-state index in [9.17, 15) is 9.59 Å². The van der Waals surface area contributed by atoms with Gasteiger partial charge in [-0.2, -0.15) is 0 Å². The van der Waals surface area contributed by atoms with Crippen LogP contribution in [-0.4, -0.2) is 49.6 Å². The molecule has 0 aromatic heterocycles. The lowest BCUT2D eigenvalue weighted by Crippen LogP contribution is -2.44. The zero-order valence-electron chi connectivity index (χ0n) is 16.3. The molecule has 1 saturated heterocycles. The van der Waals surface area contributed by atoms with Crippen molar-refractivity contribution in [2.45, 2.75) is 46.0 Å². The molecule has 5 nitrogen and oxygen atoms in total. The average Bonchev–Trinajstić information content (AvgIpc) is 2.62. The largest absolute Gasteiger partial charge is 0.466 e. The maximum atomic E-state index is 12.2. The van der Waals surface area contributed by atoms with Crippen LogP contribution >= 0.6 is 0 Å². The Hall–Kier alpha value is -1.88. The highest BCUT2D eigenvalue weighted by Crippen LogP contribution is 2.17. The molecule has 1 amide bonds. The molecule has 0 bridgehead atoms. The van der Waals surface area contributed by atoms with E-state index in [4.69, 9.17) is 4.74 Å². The van der Waals surface area contributed by atoms with Crippen LogP contribution in [0.1, 0.15) is 50.7 Å². The van der Waals surface area contributed by atoms with Crippen LogP contribution in [0.4, 0.5) is 0 Å². The van der Waals surface area contributed by atoms with Gasteiger partial charge < -0.3 is 10.1 Å². The van der Waals surface area contributed by atoms with Crippen molar-refractivity contribution in [3.63, 3.8) is 0 Å². The summed E-state index contributed by atoms with van der Waals surface area (Å²) in [6.45, 7) is 9.06. The Morgan fingerprint density at radius 3 is 2.65 bits per heavy atom. The van der Waals surface area contributed by atoms with Crippen molar-refractivity contribution in [2.75, 3.05) is 32.8 Å². The number of rotatable bonds is 8. The Morgan fingerprint density at radius 1 is 1.27 bits per heavy atom. The van der Waals surface area contributed by atoms with E-state index in [2.05, 4.69) is 48.3 Å². The first-order valence-electron chi connectivity index (χ1n) is 9.74. The van der Waals surface area contributed by atoms with Gasteiger partial charge in [0.05, 0.1) is 19.1 Å². The maximum absolute atomic E-state index is 12.2. The first-order valence-corrected chi connectivity index (χ1v) is 9.74. The molecule has 0 saturated carbocycles. The van der Waals surface area contributed by atoms with Gasteiger partial charge in [-0.1, -0.05) is 38.1 Å². The summed E-state index contributed by atoms with van der Waals surface area (Å²) in [4.78, 5) is 26.1. The lowest BCUT2D eigenvalue weighted by molar-refractivity contribution is -0.150. The molecule has 2 rings (SSSR count). The third-order valence-electron chi connectivity index (χ3n) is 4.87. The van der Waals surface area contributed by atoms with Crippen molar-refractivity contribution in [1.82, 2.24) is 10.2 Å². The zero-order valence-corrected chi connectivity index (χ0v) is 16.3. The molecule has 1 unspecified atom stereocenters. The Balaban J connectivity index is 1.70. The third kappa shape index (κ3) is 6.45. The molecule has 26 heavy (non-hydrogen) atoms. The predicted octanol–water partition coefficient (Wildman–Crippen LogP) is 2.74. The number of hydrogen-bond acceptors (Lipinski definition) is 4. The summed E-state index contributed by atoms with van der Waals surface area (Å²) in [6, 6.07) is 8.59. The summed E-state index contributed by atoms with van der Waals surface area (Å²) >= 11 is 0. The summed E-state index contributed by atoms with van der Waals surface area (Å²) in [7, 11) is 0. The van der Waals surface area contributed by atoms with E-state index in [1.165, 1.54) is 11.1 Å². The van der Waals surface area contributed by atoms with Crippen LogP contribution in [-0.2, 0) is 20.7 Å². The van der Waals surface area contributed by atoms with Crippen molar-refractivity contribution >= 4 is 11.9 Å². The molecule has 0 aliphatic carbocycles. The number of benzene rings is 1. The molecule has 1 N–H and O–H groups in total. The fraction of sp³-hybridized carbons (Fsp3) is 0.619. The summed E-state index contributed by atoms with van der Waals surface area (Å²) in [5.74, 6) is 0.318. The molecule has 1 fully saturated rings. The van der Waals surface area contributed by atoms with Crippen LogP contribution in [0.5, 0.6) is 0 Å². The summed E-state index contributed by atoms with van der Waals surface area (Å²) in [5, 5.41) is 2.99. The SMILES string of the molecule is CCOC(=O)C1CCCN(CC(=O)NCCc2ccc(C(C)C)cc2)C1. The molecule has 1 aromatic rings. The molecule has 5 heteroatoms. The van der Waals surface area contributed by atoms with Crippen molar-refractivity contribution in [3.05, 3.63) is 35.4 Å². The van der Waals surface area contributed by atoms with Gasteiger partial charge in [0, 0.05) is 13.1 Å². The minimum absolute atomic E-state index is 0.0216. The highest BCUT2D eigenvalue weighted by atomic mass is 16.5. The molecular weight excluding hydrogens is 328 g/mol. The molecule has 1 aliphatic rings. The topological polar surface area (TPSA) is 58.6 Å². The minimum atomic E-state index is -0.137. The Labute approximate surface area is 157 Å². The number of carbonyl (C=O) groups excluding carboxylic acids is 2. The fourth-order valence-corrected chi connectivity index (χ4v) is 3.33. The lowest BCUT2D eigenvalue weighted by Gasteiger charge is -2.30. The van der Waals surface area contributed by atoms with Gasteiger partial charge in [-0.15, -0.1) is 0 Å². The molecule has 1 heterocycles. The minimum Gasteiger partial charge on any atom is -0.466 e. The maximum Gasteiger partial charge on any atom is 0.310 e. The average molecular weight is 360 g/mol. The summed E-state index contributed by atoms with van der Waals surface area (Å²) < 4.78 is 5.11. The molecular formula is C21H32N2O3. The zero-order chi connectivity index (χ0) is 18.9. The fourth-order valence-electron chi connectivity index (χ4n) is 3.33. The number of piperidine rings is 1. The lowest BCUT2D eigenvalue weighted by atomic mass is 9.98. The van der Waals surface area contributed by atoms with Crippen LogP contribution < -0.4 is 5.32 Å². The molecule has 0 spiro atoms. The van der Waals surface area contributed by atoms with Gasteiger partial charge in [0.1, 0.15) is 0 Å². The van der Waals surface area contributed by atoms with E-state index in [0.717, 1.165) is 25.8 Å². The van der Waals surface area contributed by atoms with Crippen LogP contribution in [0, 0.1) is 5.92 Å². The van der Waals surface area contributed by atoms with E-state index < -0.39 is 0 Å². The van der Waals surface area contributed by atoms with Crippen LogP contribution in [0.2, 0.25) is 0 Å². The smallest absolute Gasteiger partial charge is 0.310 e. The second-order valence-corrected chi connectivity index (χ2v) is 7.32. The van der Waals surface area contributed by atoms with Gasteiger partial charge >= 0.3 is 5.97 Å². The standard InChI is InChI=1S/C21H32N2O3/c1-4-26-21(25)19-6-5-13-23(14-19)15-20(24)22-12-11-17-7-9-18(10-8-17)16(2)3/h7-10,16,19H,4-6,11-15H2,1-3H3,(H,22,24). The number of amides is 1. The number of likely N-dealkylation sites (tertiary alicyclic amines) is 1. The van der Waals surface area contributed by atoms with Crippen LogP contribution in [0.25, 0.3) is 0 Å². The highest BCUT2D eigenvalue weighted by molar-refractivity contribution is 5.78. The molecule has 1 aliphatic heterocycles. The van der Waals surface area contributed by atoms with Gasteiger partial charge in [0.2, 0.25) is 5.91 Å². The van der Waals surface area contributed by atoms with E-state index in [0.29, 0.717) is 32.2 Å². The van der Waals surface area contributed by atoms with Crippen LogP contribution in [0.15, 0.2) is 24.3 Å². The first kappa shape index (κ1) is 20.4. The second-order valence-electron chi connectivity index (χ2n) is 7.32. The monoisotopic (exact) mass is 360 g/mol. The van der Waals surface area contributed by atoms with Gasteiger partial charge in [0.15, 0.2) is 0 Å². The number of ether oxygens (including phenoxy) is 1. The summed E-state index contributed by atoms with van der Waals surface area (Å²) in [6.07, 6.45) is 2.61. The van der Waals surface area contributed by atoms with Crippen molar-refractivity contribution in [1.29, 1.82) is 0 Å². The van der Waals surface area contributed by atoms with Crippen LogP contribution in [0.3, 0.4) is 0 Å². The predicted molar refractivity (Wildman–Crippen MR) is 103 cm³/mol. The third-order valence-corrected chi connectivity index (χ3v) is 4.87. The molecule has 0 radical (unpaired) electrons. The second kappa shape index (κ2) is 10.3. The van der Waals surface area contributed by atoms with Gasteiger partial charge in [-0.25, -0.2) is 0 Å². The molecule has 144 valence electrons. The van der Waals surface area contributed by atoms with Crippen molar-refractivity contribution in [2.24, 2.45) is 5.92 Å². The Kier molecular flexibility index (Phi) is 8.10. The molecule has 1 aromatic carbocycles. The van der Waals surface area contributed by atoms with Crippen molar-refractivity contribution < 1.29 is 14.3 Å². The number of hydrogen-bond donors (Lipinski definition) is 1. The van der Waals surface area contributed by atoms with E-state index >= 15 is 0 Å². The number of nitrogens with zero attached hydrogens (tertiary/aromatic N) is 1. The Bertz CT molecular complexity index is 583.